The second-order valence-corrected chi connectivity index (χ2v) is 8.38. The number of aromatic nitrogens is 2. The maximum atomic E-state index is 12.6. The second-order valence-electron chi connectivity index (χ2n) is 5.43. The first-order valence-corrected chi connectivity index (χ1v) is 9.44. The van der Waals surface area contributed by atoms with Crippen molar-refractivity contribution >= 4 is 26.7 Å². The predicted molar refractivity (Wildman–Crippen MR) is 81.0 cm³/mol. The van der Waals surface area contributed by atoms with Crippen molar-refractivity contribution < 1.29 is 13.2 Å². The van der Waals surface area contributed by atoms with Gasteiger partial charge in [-0.05, 0) is 19.3 Å². The van der Waals surface area contributed by atoms with Gasteiger partial charge in [0.05, 0.1) is 5.25 Å². The van der Waals surface area contributed by atoms with Gasteiger partial charge in [0.15, 0.2) is 5.82 Å². The van der Waals surface area contributed by atoms with Crippen LogP contribution in [-0.2, 0) is 21.4 Å². The highest BCUT2D eigenvalue weighted by Crippen LogP contribution is 2.28. The fourth-order valence-electron chi connectivity index (χ4n) is 2.86. The molecule has 7 nitrogen and oxygen atoms in total. The average Bonchev–Trinajstić information content (AvgIpc) is 3.20. The lowest BCUT2D eigenvalue weighted by Crippen LogP contribution is -2.38. The molecule has 2 aliphatic heterocycles. The van der Waals surface area contributed by atoms with E-state index in [1.165, 1.54) is 11.5 Å². The third-order valence-electron chi connectivity index (χ3n) is 3.99. The van der Waals surface area contributed by atoms with Crippen LogP contribution in [0.1, 0.15) is 25.1 Å². The van der Waals surface area contributed by atoms with Crippen molar-refractivity contribution in [2.45, 2.75) is 31.1 Å². The molecule has 0 amide bonds. The number of hydrogen-bond donors (Lipinski definition) is 0. The molecule has 0 N–H and O–H groups in total. The lowest BCUT2D eigenvalue weighted by molar-refractivity contribution is 0.179. The lowest BCUT2D eigenvalue weighted by Gasteiger charge is -2.20. The van der Waals surface area contributed by atoms with Gasteiger partial charge in [0, 0.05) is 44.8 Å². The number of hydrogen-bond acceptors (Lipinski definition) is 7. The molecule has 1 atom stereocenters. The zero-order chi connectivity index (χ0) is 14.9. The van der Waals surface area contributed by atoms with Crippen LogP contribution in [0.2, 0.25) is 0 Å². The predicted octanol–water partition coefficient (Wildman–Crippen LogP) is 0.689. The standard InChI is InChI=1S/C12H20N4O3S2/c1-19-9-11-13-12(20-14-11)15-7-4-10(8-15)21(17,18)16-5-2-3-6-16/h10H,2-9H2,1H3/t10-/m0/s1. The summed E-state index contributed by atoms with van der Waals surface area (Å²) in [6.07, 6.45) is 2.62. The molecular weight excluding hydrogens is 312 g/mol. The summed E-state index contributed by atoms with van der Waals surface area (Å²) in [4.78, 5) is 6.42. The smallest absolute Gasteiger partial charge is 0.218 e. The number of methoxy groups -OCH3 is 1. The molecule has 9 heteroatoms. The summed E-state index contributed by atoms with van der Waals surface area (Å²) < 4.78 is 36.0. The largest absolute Gasteiger partial charge is 0.377 e. The Kier molecular flexibility index (Phi) is 4.43. The Hall–Kier alpha value is -0.770. The van der Waals surface area contributed by atoms with Crippen LogP contribution in [0.25, 0.3) is 0 Å². The first-order valence-electron chi connectivity index (χ1n) is 7.16. The van der Waals surface area contributed by atoms with Crippen LogP contribution in [0, 0.1) is 0 Å². The lowest BCUT2D eigenvalue weighted by atomic mass is 10.4. The number of nitrogens with zero attached hydrogens (tertiary/aromatic N) is 4. The van der Waals surface area contributed by atoms with Gasteiger partial charge in [0.2, 0.25) is 15.2 Å². The third-order valence-corrected chi connectivity index (χ3v) is 7.12. The van der Waals surface area contributed by atoms with Gasteiger partial charge in [-0.1, -0.05) is 0 Å². The van der Waals surface area contributed by atoms with Crippen molar-refractivity contribution in [3.8, 4) is 0 Å². The maximum absolute atomic E-state index is 12.6. The minimum Gasteiger partial charge on any atom is -0.377 e. The van der Waals surface area contributed by atoms with Crippen LogP contribution in [0.3, 0.4) is 0 Å². The minimum atomic E-state index is -3.16. The Morgan fingerprint density at radius 3 is 2.81 bits per heavy atom. The summed E-state index contributed by atoms with van der Waals surface area (Å²) >= 11 is 1.31. The van der Waals surface area contributed by atoms with E-state index in [1.54, 1.807) is 11.4 Å². The van der Waals surface area contributed by atoms with Crippen molar-refractivity contribution in [1.29, 1.82) is 0 Å². The van der Waals surface area contributed by atoms with Gasteiger partial charge in [0.1, 0.15) is 6.61 Å². The van der Waals surface area contributed by atoms with Crippen LogP contribution in [-0.4, -0.2) is 60.6 Å². The Morgan fingerprint density at radius 1 is 1.33 bits per heavy atom. The maximum Gasteiger partial charge on any atom is 0.218 e. The second kappa shape index (κ2) is 6.15. The molecule has 118 valence electrons. The van der Waals surface area contributed by atoms with Crippen LogP contribution >= 0.6 is 11.5 Å². The normalized spacial score (nSPS) is 24.0. The van der Waals surface area contributed by atoms with E-state index >= 15 is 0 Å². The Morgan fingerprint density at radius 2 is 2.10 bits per heavy atom. The fourth-order valence-corrected chi connectivity index (χ4v) is 5.53. The topological polar surface area (TPSA) is 75.6 Å². The van der Waals surface area contributed by atoms with Crippen molar-refractivity contribution in [2.24, 2.45) is 0 Å². The summed E-state index contributed by atoms with van der Waals surface area (Å²) in [6, 6.07) is 0. The van der Waals surface area contributed by atoms with E-state index in [9.17, 15) is 8.42 Å². The van der Waals surface area contributed by atoms with E-state index in [4.69, 9.17) is 4.74 Å². The molecule has 0 unspecified atom stereocenters. The van der Waals surface area contributed by atoms with E-state index in [0.29, 0.717) is 38.5 Å². The third kappa shape index (κ3) is 3.05. The molecule has 0 aliphatic carbocycles. The highest BCUT2D eigenvalue weighted by molar-refractivity contribution is 7.89. The highest BCUT2D eigenvalue weighted by Gasteiger charge is 2.38. The van der Waals surface area contributed by atoms with Gasteiger partial charge >= 0.3 is 0 Å². The highest BCUT2D eigenvalue weighted by atomic mass is 32.2. The van der Waals surface area contributed by atoms with E-state index < -0.39 is 10.0 Å². The molecule has 1 aromatic rings. The molecule has 0 radical (unpaired) electrons. The molecule has 0 aromatic carbocycles. The zero-order valence-electron chi connectivity index (χ0n) is 12.1. The van der Waals surface area contributed by atoms with E-state index in [-0.39, 0.29) is 5.25 Å². The SMILES string of the molecule is COCc1nsc(N2CC[C@H](S(=O)(=O)N3CCCC3)C2)n1. The van der Waals surface area contributed by atoms with Gasteiger partial charge in [-0.2, -0.15) is 4.37 Å². The first-order chi connectivity index (χ1) is 10.1. The molecule has 0 spiro atoms. The van der Waals surface area contributed by atoms with Crippen LogP contribution in [0.15, 0.2) is 0 Å². The molecule has 2 fully saturated rings. The summed E-state index contributed by atoms with van der Waals surface area (Å²) in [5.74, 6) is 0.656. The molecule has 2 saturated heterocycles. The Bertz CT molecular complexity index is 583. The number of ether oxygens (including phenoxy) is 1. The molecule has 0 bridgehead atoms. The summed E-state index contributed by atoms with van der Waals surface area (Å²) in [6.45, 7) is 2.98. The number of sulfonamides is 1. The summed E-state index contributed by atoms with van der Waals surface area (Å²) in [5, 5.41) is 0.478. The minimum absolute atomic E-state index is 0.314. The molecule has 3 rings (SSSR count). The van der Waals surface area contributed by atoms with E-state index in [1.807, 2.05) is 4.90 Å². The zero-order valence-corrected chi connectivity index (χ0v) is 13.7. The van der Waals surface area contributed by atoms with Crippen molar-refractivity contribution in [1.82, 2.24) is 13.7 Å². The van der Waals surface area contributed by atoms with E-state index in [0.717, 1.165) is 24.5 Å². The monoisotopic (exact) mass is 332 g/mol. The molecular formula is C12H20N4O3S2. The molecule has 2 aliphatic rings. The molecule has 21 heavy (non-hydrogen) atoms. The van der Waals surface area contributed by atoms with Crippen molar-refractivity contribution in [3.63, 3.8) is 0 Å². The number of rotatable bonds is 5. The Labute approximate surface area is 129 Å². The summed E-state index contributed by atoms with van der Waals surface area (Å²) in [7, 11) is -1.55. The van der Waals surface area contributed by atoms with Gasteiger partial charge in [-0.15, -0.1) is 0 Å². The van der Waals surface area contributed by atoms with Crippen molar-refractivity contribution in [2.75, 3.05) is 38.2 Å². The molecule has 3 heterocycles. The van der Waals surface area contributed by atoms with Gasteiger partial charge in [-0.3, -0.25) is 0 Å². The average molecular weight is 332 g/mol. The Balaban J connectivity index is 1.67. The van der Waals surface area contributed by atoms with Gasteiger partial charge in [-0.25, -0.2) is 17.7 Å². The van der Waals surface area contributed by atoms with Crippen LogP contribution in [0.4, 0.5) is 5.13 Å². The molecule has 1 aromatic heterocycles. The van der Waals surface area contributed by atoms with E-state index in [2.05, 4.69) is 9.36 Å². The van der Waals surface area contributed by atoms with Crippen LogP contribution in [0.5, 0.6) is 0 Å². The quantitative estimate of drug-likeness (QED) is 0.790. The van der Waals surface area contributed by atoms with Crippen molar-refractivity contribution in [3.05, 3.63) is 5.82 Å². The molecule has 0 saturated carbocycles. The summed E-state index contributed by atoms with van der Waals surface area (Å²) in [5.41, 5.74) is 0. The fraction of sp³-hybridized carbons (Fsp3) is 0.833. The van der Waals surface area contributed by atoms with Gasteiger partial charge < -0.3 is 9.64 Å². The first kappa shape index (κ1) is 15.1. The van der Waals surface area contributed by atoms with Gasteiger partial charge in [0.25, 0.3) is 0 Å². The number of anilines is 1. The van der Waals surface area contributed by atoms with Crippen LogP contribution < -0.4 is 4.90 Å².